The Hall–Kier alpha value is -2.64. The summed E-state index contributed by atoms with van der Waals surface area (Å²) in [7, 11) is 1.51. The van der Waals surface area contributed by atoms with Crippen LogP contribution in [-0.2, 0) is 4.74 Å². The molecule has 0 amide bonds. The topological polar surface area (TPSA) is 105 Å². The van der Waals surface area contributed by atoms with Crippen molar-refractivity contribution >= 4 is 11.8 Å². The summed E-state index contributed by atoms with van der Waals surface area (Å²) < 4.78 is 11.5. The minimum absolute atomic E-state index is 0.0541. The van der Waals surface area contributed by atoms with Gasteiger partial charge in [0.25, 0.3) is 0 Å². The third-order valence-corrected chi connectivity index (χ3v) is 2.78. The Bertz CT molecular complexity index is 681. The monoisotopic (exact) mass is 291 g/mol. The van der Waals surface area contributed by atoms with Gasteiger partial charge in [-0.15, -0.1) is 0 Å². The molecule has 0 aliphatic rings. The molecular weight excluding hydrogens is 274 g/mol. The molecule has 0 fully saturated rings. The van der Waals surface area contributed by atoms with Gasteiger partial charge in [-0.05, 0) is 20.8 Å². The number of ether oxygens (including phenoxy) is 2. The minimum atomic E-state index is -0.573. The highest BCUT2D eigenvalue weighted by Crippen LogP contribution is 2.20. The first-order valence-electron chi connectivity index (χ1n) is 6.39. The second-order valence-corrected chi connectivity index (χ2v) is 4.30. The lowest BCUT2D eigenvalue weighted by Crippen LogP contribution is -2.11. The van der Waals surface area contributed by atoms with Crippen molar-refractivity contribution in [2.75, 3.05) is 19.5 Å². The zero-order valence-corrected chi connectivity index (χ0v) is 12.4. The van der Waals surface area contributed by atoms with Crippen molar-refractivity contribution in [3.8, 4) is 11.8 Å². The zero-order chi connectivity index (χ0) is 15.6. The van der Waals surface area contributed by atoms with Crippen molar-refractivity contribution in [1.82, 2.24) is 19.5 Å². The fourth-order valence-electron chi connectivity index (χ4n) is 1.88. The largest absolute Gasteiger partial charge is 0.481 e. The van der Waals surface area contributed by atoms with E-state index in [9.17, 15) is 4.79 Å². The number of esters is 1. The van der Waals surface area contributed by atoms with Crippen molar-refractivity contribution in [1.29, 1.82) is 0 Å². The molecule has 0 aliphatic carbocycles. The minimum Gasteiger partial charge on any atom is -0.481 e. The highest BCUT2D eigenvalue weighted by molar-refractivity contribution is 5.92. The molecule has 2 heterocycles. The predicted molar refractivity (Wildman–Crippen MR) is 75.5 cm³/mol. The Labute approximate surface area is 121 Å². The highest BCUT2D eigenvalue weighted by Gasteiger charge is 2.22. The molecule has 0 unspecified atom stereocenters. The van der Waals surface area contributed by atoms with E-state index in [4.69, 9.17) is 15.2 Å². The van der Waals surface area contributed by atoms with E-state index in [1.165, 1.54) is 11.7 Å². The van der Waals surface area contributed by atoms with E-state index in [1.54, 1.807) is 19.9 Å². The zero-order valence-electron chi connectivity index (χ0n) is 12.4. The second kappa shape index (κ2) is 5.78. The van der Waals surface area contributed by atoms with Gasteiger partial charge in [0.2, 0.25) is 11.8 Å². The maximum absolute atomic E-state index is 11.8. The van der Waals surface area contributed by atoms with Crippen LogP contribution in [0.25, 0.3) is 5.95 Å². The first-order valence-corrected chi connectivity index (χ1v) is 6.39. The first kappa shape index (κ1) is 14.8. The molecule has 0 aliphatic heterocycles. The van der Waals surface area contributed by atoms with Crippen LogP contribution in [0.15, 0.2) is 6.07 Å². The fourth-order valence-corrected chi connectivity index (χ4v) is 1.88. The molecule has 2 rings (SSSR count). The Balaban J connectivity index is 2.55. The molecule has 2 aromatic rings. The van der Waals surface area contributed by atoms with Gasteiger partial charge in [0, 0.05) is 11.8 Å². The van der Waals surface area contributed by atoms with Gasteiger partial charge in [0.05, 0.1) is 13.7 Å². The number of anilines is 1. The lowest BCUT2D eigenvalue weighted by Gasteiger charge is -2.08. The molecule has 8 heteroatoms. The number of hydrogen-bond donors (Lipinski definition) is 1. The molecule has 8 nitrogen and oxygen atoms in total. The SMILES string of the molecule is CCOC(=O)c1nc(C)n(-c2nc(C)cc(OC)n2)c1N. The van der Waals surface area contributed by atoms with Crippen molar-refractivity contribution in [2.45, 2.75) is 20.8 Å². The molecule has 0 saturated heterocycles. The van der Waals surface area contributed by atoms with E-state index in [1.807, 2.05) is 6.92 Å². The van der Waals surface area contributed by atoms with E-state index in [0.717, 1.165) is 0 Å². The molecule has 112 valence electrons. The first-order chi connectivity index (χ1) is 9.97. The fraction of sp³-hybridized carbons (Fsp3) is 0.385. The van der Waals surface area contributed by atoms with Crippen molar-refractivity contribution < 1.29 is 14.3 Å². The third-order valence-electron chi connectivity index (χ3n) is 2.78. The van der Waals surface area contributed by atoms with Crippen LogP contribution in [0.3, 0.4) is 0 Å². The summed E-state index contributed by atoms with van der Waals surface area (Å²) in [6.07, 6.45) is 0. The number of nitrogens with zero attached hydrogens (tertiary/aromatic N) is 4. The molecule has 21 heavy (non-hydrogen) atoms. The Morgan fingerprint density at radius 3 is 2.67 bits per heavy atom. The molecule has 0 atom stereocenters. The number of imidazole rings is 1. The van der Waals surface area contributed by atoms with Gasteiger partial charge < -0.3 is 15.2 Å². The van der Waals surface area contributed by atoms with Gasteiger partial charge in [0.1, 0.15) is 11.6 Å². The summed E-state index contributed by atoms with van der Waals surface area (Å²) in [4.78, 5) is 24.5. The lowest BCUT2D eigenvalue weighted by molar-refractivity contribution is 0.0521. The smallest absolute Gasteiger partial charge is 0.360 e. The van der Waals surface area contributed by atoms with Gasteiger partial charge >= 0.3 is 5.97 Å². The molecule has 0 bridgehead atoms. The molecule has 0 aromatic carbocycles. The van der Waals surface area contributed by atoms with Gasteiger partial charge in [0.15, 0.2) is 5.69 Å². The average Bonchev–Trinajstić information content (AvgIpc) is 2.73. The van der Waals surface area contributed by atoms with Gasteiger partial charge in [-0.3, -0.25) is 0 Å². The number of nitrogens with two attached hydrogens (primary N) is 1. The molecule has 2 aromatic heterocycles. The number of rotatable bonds is 4. The molecule has 0 saturated carbocycles. The molecule has 0 radical (unpaired) electrons. The summed E-state index contributed by atoms with van der Waals surface area (Å²) in [5.74, 6) is 0.755. The van der Waals surface area contributed by atoms with Crippen LogP contribution in [0, 0.1) is 13.8 Å². The van der Waals surface area contributed by atoms with E-state index in [-0.39, 0.29) is 18.1 Å². The Morgan fingerprint density at radius 1 is 1.33 bits per heavy atom. The molecular formula is C13H17N5O3. The van der Waals surface area contributed by atoms with Crippen LogP contribution in [0.5, 0.6) is 5.88 Å². The summed E-state index contributed by atoms with van der Waals surface area (Å²) >= 11 is 0. The third kappa shape index (κ3) is 2.78. The Morgan fingerprint density at radius 2 is 2.05 bits per heavy atom. The predicted octanol–water partition coefficient (Wildman–Crippen LogP) is 1.05. The second-order valence-electron chi connectivity index (χ2n) is 4.30. The van der Waals surface area contributed by atoms with E-state index in [0.29, 0.717) is 23.3 Å². The van der Waals surface area contributed by atoms with Crippen molar-refractivity contribution in [3.63, 3.8) is 0 Å². The summed E-state index contributed by atoms with van der Waals surface area (Å²) in [5, 5.41) is 0. The van der Waals surface area contributed by atoms with Crippen LogP contribution in [0.4, 0.5) is 5.82 Å². The number of aromatic nitrogens is 4. The van der Waals surface area contributed by atoms with Crippen LogP contribution in [-0.4, -0.2) is 39.2 Å². The highest BCUT2D eigenvalue weighted by atomic mass is 16.5. The number of methoxy groups -OCH3 is 1. The molecule has 2 N–H and O–H groups in total. The quantitative estimate of drug-likeness (QED) is 0.839. The lowest BCUT2D eigenvalue weighted by atomic mass is 10.4. The van der Waals surface area contributed by atoms with E-state index >= 15 is 0 Å². The maximum atomic E-state index is 11.8. The van der Waals surface area contributed by atoms with Gasteiger partial charge in [-0.2, -0.15) is 4.98 Å². The van der Waals surface area contributed by atoms with Crippen LogP contribution < -0.4 is 10.5 Å². The summed E-state index contributed by atoms with van der Waals surface area (Å²) in [6.45, 7) is 5.48. The van der Waals surface area contributed by atoms with Crippen LogP contribution in [0.1, 0.15) is 28.9 Å². The number of nitrogen functional groups attached to an aromatic ring is 1. The van der Waals surface area contributed by atoms with Gasteiger partial charge in [-0.1, -0.05) is 0 Å². The maximum Gasteiger partial charge on any atom is 0.360 e. The number of hydrogen-bond acceptors (Lipinski definition) is 7. The van der Waals surface area contributed by atoms with Crippen LogP contribution >= 0.6 is 0 Å². The normalized spacial score (nSPS) is 10.5. The van der Waals surface area contributed by atoms with E-state index in [2.05, 4.69) is 15.0 Å². The summed E-state index contributed by atoms with van der Waals surface area (Å²) in [6, 6.07) is 1.69. The van der Waals surface area contributed by atoms with Gasteiger partial charge in [-0.25, -0.2) is 19.3 Å². The van der Waals surface area contributed by atoms with Crippen molar-refractivity contribution in [3.05, 3.63) is 23.3 Å². The number of carbonyl (C=O) groups is 1. The van der Waals surface area contributed by atoms with Crippen LogP contribution in [0.2, 0.25) is 0 Å². The Kier molecular flexibility index (Phi) is 4.06. The standard InChI is InChI=1S/C13H17N5O3/c1-5-21-12(19)10-11(14)18(8(3)16-10)13-15-7(2)6-9(17-13)20-4/h6H,5,14H2,1-4H3. The number of aryl methyl sites for hydroxylation is 2. The summed E-state index contributed by atoms with van der Waals surface area (Å²) in [5.41, 5.74) is 6.75. The number of carbonyl (C=O) groups excluding carboxylic acids is 1. The molecule has 0 spiro atoms. The van der Waals surface area contributed by atoms with E-state index < -0.39 is 5.97 Å². The van der Waals surface area contributed by atoms with Crippen molar-refractivity contribution in [2.24, 2.45) is 0 Å². The average molecular weight is 291 g/mol.